The Morgan fingerprint density at radius 3 is 2.58 bits per heavy atom. The Morgan fingerprint density at radius 1 is 1.23 bits per heavy atom. The van der Waals surface area contributed by atoms with Crippen molar-refractivity contribution >= 4 is 11.6 Å². The smallest absolute Gasteiger partial charge is 0.323 e. The first-order valence-corrected chi connectivity index (χ1v) is 10.4. The maximum Gasteiger partial charge on any atom is 0.406 e. The number of carbonyl (C=O) groups is 1. The topological polar surface area (TPSA) is 57.0 Å². The fourth-order valence-corrected chi connectivity index (χ4v) is 4.17. The van der Waals surface area contributed by atoms with Crippen LogP contribution in [-0.2, 0) is 11.2 Å². The van der Waals surface area contributed by atoms with Crippen molar-refractivity contribution in [2.75, 3.05) is 32.7 Å². The first-order chi connectivity index (χ1) is 14.8. The first-order valence-electron chi connectivity index (χ1n) is 10.4. The quantitative estimate of drug-likeness (QED) is 0.622. The third kappa shape index (κ3) is 5.61. The Kier molecular flexibility index (Phi) is 6.96. The highest BCUT2D eigenvalue weighted by Crippen LogP contribution is 2.32. The molecule has 1 atom stereocenters. The lowest BCUT2D eigenvalue weighted by Crippen LogP contribution is -2.64. The Balaban J connectivity index is 1.91. The van der Waals surface area contributed by atoms with Gasteiger partial charge in [-0.1, -0.05) is 25.5 Å². The van der Waals surface area contributed by atoms with Crippen molar-refractivity contribution in [2.45, 2.75) is 32.4 Å². The Labute approximate surface area is 180 Å². The zero-order chi connectivity index (χ0) is 22.5. The van der Waals surface area contributed by atoms with E-state index in [0.29, 0.717) is 29.6 Å². The number of carbonyl (C=O) groups excluding carboxylic acids is 1. The number of rotatable bonds is 7. The summed E-state index contributed by atoms with van der Waals surface area (Å²) in [6, 6.07) is 11.3. The van der Waals surface area contributed by atoms with E-state index in [4.69, 9.17) is 5.26 Å². The molecule has 1 unspecified atom stereocenters. The van der Waals surface area contributed by atoms with Gasteiger partial charge in [-0.15, -0.1) is 0 Å². The number of halogens is 3. The van der Waals surface area contributed by atoms with Gasteiger partial charge in [-0.2, -0.15) is 18.4 Å². The number of nitrogens with zero attached hydrogens (tertiary/aromatic N) is 4. The minimum atomic E-state index is -4.40. The number of hydrogen-bond acceptors (Lipinski definition) is 3. The molecule has 1 aliphatic rings. The molecule has 0 bridgehead atoms. The maximum atomic E-state index is 12.9. The molecular formula is C23H26F3N4O+. The number of aromatic nitrogens is 1. The molecule has 1 amide bonds. The van der Waals surface area contributed by atoms with Gasteiger partial charge >= 0.3 is 6.18 Å². The Bertz CT molecular complexity index is 953. The van der Waals surface area contributed by atoms with Crippen molar-refractivity contribution in [3.63, 3.8) is 0 Å². The number of unbranched alkanes of at least 4 members (excludes halogenated alkanes) is 1. The first kappa shape index (κ1) is 22.8. The van der Waals surface area contributed by atoms with Crippen LogP contribution >= 0.6 is 0 Å². The molecule has 2 aromatic rings. The highest BCUT2D eigenvalue weighted by molar-refractivity contribution is 5.82. The molecular weight excluding hydrogens is 405 g/mol. The number of benzene rings is 1. The van der Waals surface area contributed by atoms with E-state index in [9.17, 15) is 18.0 Å². The van der Waals surface area contributed by atoms with E-state index in [1.165, 1.54) is 0 Å². The molecule has 2 heterocycles. The van der Waals surface area contributed by atoms with Crippen LogP contribution in [0.25, 0.3) is 0 Å². The van der Waals surface area contributed by atoms with Crippen LogP contribution in [0.15, 0.2) is 42.7 Å². The highest BCUT2D eigenvalue weighted by Gasteiger charge is 2.44. The molecule has 5 nitrogen and oxygen atoms in total. The molecule has 1 saturated heterocycles. The lowest BCUT2D eigenvalue weighted by molar-refractivity contribution is -0.165. The Morgan fingerprint density at radius 2 is 1.97 bits per heavy atom. The molecule has 1 aliphatic heterocycles. The average molecular weight is 431 g/mol. The molecule has 31 heavy (non-hydrogen) atoms. The number of alkyl halides is 3. The number of nitriles is 1. The van der Waals surface area contributed by atoms with Crippen LogP contribution in [0.5, 0.6) is 0 Å². The van der Waals surface area contributed by atoms with Crippen LogP contribution in [0.3, 0.4) is 0 Å². The van der Waals surface area contributed by atoms with Gasteiger partial charge in [0.1, 0.15) is 18.8 Å². The number of hydrogen-bond donors (Lipinski definition) is 0. The largest absolute Gasteiger partial charge is 0.406 e. The SMILES string of the molecule is CCCC[N+]1(c2ccncc2Cc2ccc(C#N)cc2)CCN(CC(F)(F)F)C(=O)C1. The molecule has 8 heteroatoms. The molecule has 1 fully saturated rings. The summed E-state index contributed by atoms with van der Waals surface area (Å²) >= 11 is 0. The van der Waals surface area contributed by atoms with Gasteiger partial charge < -0.3 is 4.90 Å². The Hall–Kier alpha value is -2.92. The van der Waals surface area contributed by atoms with Crippen LogP contribution in [0, 0.1) is 11.3 Å². The van der Waals surface area contributed by atoms with Crippen molar-refractivity contribution in [1.29, 1.82) is 5.26 Å². The summed E-state index contributed by atoms with van der Waals surface area (Å²) in [5.74, 6) is -0.471. The zero-order valence-electron chi connectivity index (χ0n) is 17.5. The molecule has 0 saturated carbocycles. The van der Waals surface area contributed by atoms with Crippen molar-refractivity contribution in [1.82, 2.24) is 14.4 Å². The van der Waals surface area contributed by atoms with Gasteiger partial charge in [0.05, 0.1) is 24.7 Å². The number of amides is 1. The minimum Gasteiger partial charge on any atom is -0.323 e. The molecule has 3 rings (SSSR count). The normalized spacial score (nSPS) is 19.3. The highest BCUT2D eigenvalue weighted by atomic mass is 19.4. The number of pyridine rings is 1. The van der Waals surface area contributed by atoms with Crippen LogP contribution in [0.1, 0.15) is 36.5 Å². The lowest BCUT2D eigenvalue weighted by Gasteiger charge is -2.44. The van der Waals surface area contributed by atoms with Gasteiger partial charge in [0, 0.05) is 30.4 Å². The van der Waals surface area contributed by atoms with E-state index >= 15 is 0 Å². The summed E-state index contributed by atoms with van der Waals surface area (Å²) in [4.78, 5) is 17.9. The van der Waals surface area contributed by atoms with E-state index in [1.54, 1.807) is 24.5 Å². The predicted molar refractivity (Wildman–Crippen MR) is 112 cm³/mol. The molecule has 164 valence electrons. The van der Waals surface area contributed by atoms with Gasteiger partial charge in [-0.25, -0.2) is 0 Å². The van der Waals surface area contributed by atoms with Crippen LogP contribution in [0.4, 0.5) is 18.9 Å². The van der Waals surface area contributed by atoms with Crippen LogP contribution in [-0.4, -0.2) is 54.7 Å². The third-order valence-electron chi connectivity index (χ3n) is 5.76. The van der Waals surface area contributed by atoms with Crippen molar-refractivity contribution < 1.29 is 18.0 Å². The monoisotopic (exact) mass is 431 g/mol. The van der Waals surface area contributed by atoms with Crippen LogP contribution < -0.4 is 4.48 Å². The van der Waals surface area contributed by atoms with Crippen molar-refractivity contribution in [3.8, 4) is 6.07 Å². The van der Waals surface area contributed by atoms with Crippen molar-refractivity contribution in [2.24, 2.45) is 0 Å². The number of piperazine rings is 1. The molecule has 0 aliphatic carbocycles. The number of quaternary nitrogens is 1. The molecule has 0 N–H and O–H groups in total. The summed E-state index contributed by atoms with van der Waals surface area (Å²) in [6.07, 6.45) is 1.41. The fourth-order valence-electron chi connectivity index (χ4n) is 4.17. The average Bonchev–Trinajstić information content (AvgIpc) is 2.74. The second-order valence-corrected chi connectivity index (χ2v) is 8.02. The molecule has 0 spiro atoms. The molecule has 0 radical (unpaired) electrons. The fraction of sp³-hybridized carbons (Fsp3) is 0.435. The predicted octanol–water partition coefficient (Wildman–Crippen LogP) is 4.06. The van der Waals surface area contributed by atoms with Crippen LogP contribution in [0.2, 0.25) is 0 Å². The summed E-state index contributed by atoms with van der Waals surface area (Å²) in [7, 11) is 0. The third-order valence-corrected chi connectivity index (χ3v) is 5.76. The van der Waals surface area contributed by atoms with Gasteiger partial charge in [0.15, 0.2) is 6.54 Å². The second kappa shape index (κ2) is 9.48. The minimum absolute atomic E-state index is 0.0143. The maximum absolute atomic E-state index is 12.9. The van der Waals surface area contributed by atoms with Crippen molar-refractivity contribution in [3.05, 3.63) is 59.4 Å². The molecule has 1 aromatic heterocycles. The van der Waals surface area contributed by atoms with E-state index in [2.05, 4.69) is 18.0 Å². The van der Waals surface area contributed by atoms with Gasteiger partial charge in [0.25, 0.3) is 5.91 Å². The van der Waals surface area contributed by atoms with Gasteiger partial charge in [-0.05, 0) is 24.1 Å². The standard InChI is InChI=1S/C23H26F3N4O/c1-2-3-11-30(12-10-29(22(31)16-30)17-23(24,25)26)21-8-9-28-15-20(21)13-18-4-6-19(14-27)7-5-18/h4-9,15H,2-3,10-13,16-17H2,1H3/q+1. The van der Waals surface area contributed by atoms with Gasteiger partial charge in [-0.3, -0.25) is 14.3 Å². The van der Waals surface area contributed by atoms with E-state index in [-0.39, 0.29) is 13.1 Å². The molecule has 1 aromatic carbocycles. The van der Waals surface area contributed by atoms with E-state index in [0.717, 1.165) is 34.6 Å². The summed E-state index contributed by atoms with van der Waals surface area (Å²) in [5.41, 5.74) is 3.46. The lowest BCUT2D eigenvalue weighted by atomic mass is 10.0. The summed E-state index contributed by atoms with van der Waals surface area (Å²) in [5, 5.41) is 9.00. The second-order valence-electron chi connectivity index (χ2n) is 8.02. The zero-order valence-corrected chi connectivity index (χ0v) is 17.5. The summed E-state index contributed by atoms with van der Waals surface area (Å²) in [6.45, 7) is 2.07. The van der Waals surface area contributed by atoms with E-state index < -0.39 is 18.6 Å². The van der Waals surface area contributed by atoms with Gasteiger partial charge in [0.2, 0.25) is 0 Å². The summed E-state index contributed by atoms with van der Waals surface area (Å²) < 4.78 is 38.9. The van der Waals surface area contributed by atoms with E-state index in [1.807, 2.05) is 18.2 Å².